The highest BCUT2D eigenvalue weighted by molar-refractivity contribution is 7.90. The number of halogens is 7. The van der Waals surface area contributed by atoms with E-state index in [4.69, 9.17) is 5.11 Å². The third kappa shape index (κ3) is 15.2. The van der Waals surface area contributed by atoms with Gasteiger partial charge in [0.1, 0.15) is 22.8 Å². The number of carboxylic acid groups (broad SMARTS) is 1. The third-order valence-electron chi connectivity index (χ3n) is 14.2. The van der Waals surface area contributed by atoms with Gasteiger partial charge in [0.2, 0.25) is 10.0 Å². The molecule has 2 atom stereocenters. The number of carbonyl (C=O) groups is 4. The molecule has 88 heavy (non-hydrogen) atoms. The molecule has 0 saturated heterocycles. The Morgan fingerprint density at radius 1 is 0.568 bits per heavy atom. The summed E-state index contributed by atoms with van der Waals surface area (Å²) in [5, 5.41) is 28.6. The minimum absolute atomic E-state index is 0.0283. The maximum atomic E-state index is 13.5. The lowest BCUT2D eigenvalue weighted by Gasteiger charge is -2.21. The van der Waals surface area contributed by atoms with Gasteiger partial charge in [0.25, 0.3) is 27.7 Å². The van der Waals surface area contributed by atoms with E-state index in [1.165, 1.54) is 30.3 Å². The molecule has 10 rings (SSSR count). The van der Waals surface area contributed by atoms with Crippen LogP contribution in [0.3, 0.4) is 0 Å². The van der Waals surface area contributed by atoms with Crippen LogP contribution in [0, 0.1) is 44.0 Å². The molecule has 8 aromatic rings. The molecule has 0 bridgehead atoms. The lowest BCUT2D eigenvalue weighted by molar-refractivity contribution is -0.137. The van der Waals surface area contributed by atoms with Crippen LogP contribution in [0.1, 0.15) is 112 Å². The zero-order valence-electron chi connectivity index (χ0n) is 47.5. The molecule has 0 spiro atoms. The van der Waals surface area contributed by atoms with E-state index >= 15 is 0 Å². The Labute approximate surface area is 500 Å². The van der Waals surface area contributed by atoms with Crippen LogP contribution in [0.25, 0.3) is 0 Å². The number of alkyl halides is 3. The van der Waals surface area contributed by atoms with Gasteiger partial charge in [-0.25, -0.2) is 58.4 Å². The van der Waals surface area contributed by atoms with Crippen molar-refractivity contribution < 1.29 is 71.9 Å². The number of benzene rings is 6. The minimum atomic E-state index is -4.43. The first-order valence-electron chi connectivity index (χ1n) is 26.8. The zero-order chi connectivity index (χ0) is 64.2. The molecule has 0 fully saturated rings. The van der Waals surface area contributed by atoms with Crippen LogP contribution in [0.2, 0.25) is 0 Å². The molecule has 19 nitrogen and oxygen atoms in total. The average molecular weight is 1260 g/mol. The normalized spacial score (nSPS) is 13.5. The molecular formula is C60H57F7N10O9S2. The highest BCUT2D eigenvalue weighted by Crippen LogP contribution is 2.34. The van der Waals surface area contributed by atoms with Crippen LogP contribution >= 0.6 is 0 Å². The monoisotopic (exact) mass is 1260 g/mol. The number of carboxylic acids is 1. The van der Waals surface area contributed by atoms with Crippen LogP contribution in [0.5, 0.6) is 0 Å². The summed E-state index contributed by atoms with van der Waals surface area (Å²) < 4.78 is 142. The molecule has 0 unspecified atom stereocenters. The summed E-state index contributed by atoms with van der Waals surface area (Å²) in [6.45, 7) is 12.5. The molecular weight excluding hydrogens is 1200 g/mol. The molecule has 6 aromatic carbocycles. The first-order valence-corrected chi connectivity index (χ1v) is 29.8. The molecule has 0 aliphatic carbocycles. The van der Waals surface area contributed by atoms with Gasteiger partial charge in [-0.2, -0.15) is 23.4 Å². The fraction of sp³-hybridized carbons (Fsp3) is 0.233. The Morgan fingerprint density at radius 2 is 1.01 bits per heavy atom. The Kier molecular flexibility index (Phi) is 19.3. The maximum absolute atomic E-state index is 13.5. The summed E-state index contributed by atoms with van der Waals surface area (Å²) in [7, 11) is -8.37. The van der Waals surface area contributed by atoms with Crippen molar-refractivity contribution in [3.63, 3.8) is 0 Å². The first kappa shape index (κ1) is 64.6. The van der Waals surface area contributed by atoms with Crippen molar-refractivity contribution in [3.05, 3.63) is 224 Å². The molecule has 3 amide bonds. The standard InChI is InChI=1S/C30H29F2N5O4S.C24H23F3N4O3.C6H5F2NO2S/c1-18-5-4-6-21(15-18)17-36-13-14-37-30(36)27(20(3)34-37)29(39)33-19(2)22-7-9-23(10-8-22)28(38)35-42(40,41)24-11-12-25(31)26(32)16-24;1-14(17-6-8-18(9-7-17)23(33)34)28-21(32)20-15(2)29-31-11-10-30(22(20)31)13-16-4-3-5-19(12-16)24(25,26)27;7-5-2-1-4(3-6(5)8)12(9,10)11/h4-12,15-16,19H,13-14,17H2,1-3H3,(H,33,39)(H,35,38);3-9,12,14H,10-11,13H2,1-2H3,(H,28,32)(H,33,34);1-3H,(H2,9,10,11)/t19-;14-;/m00./s1. The lowest BCUT2D eigenvalue weighted by atomic mass is 10.1. The summed E-state index contributed by atoms with van der Waals surface area (Å²) in [4.78, 5) is 53.3. The van der Waals surface area contributed by atoms with E-state index in [2.05, 4.69) is 43.0 Å². The van der Waals surface area contributed by atoms with Crippen LogP contribution < -0.4 is 30.3 Å². The van der Waals surface area contributed by atoms with E-state index in [1.807, 2.05) is 33.4 Å². The maximum Gasteiger partial charge on any atom is 0.416 e. The summed E-state index contributed by atoms with van der Waals surface area (Å²) in [6.07, 6.45) is -4.43. The second kappa shape index (κ2) is 26.3. The number of aromatic nitrogens is 4. The minimum Gasteiger partial charge on any atom is -0.478 e. The predicted molar refractivity (Wildman–Crippen MR) is 309 cm³/mol. The van der Waals surface area contributed by atoms with Crippen LogP contribution in [0.15, 0.2) is 143 Å². The highest BCUT2D eigenvalue weighted by Gasteiger charge is 2.34. The number of nitrogens with one attached hydrogen (secondary N) is 3. The van der Waals surface area contributed by atoms with Gasteiger partial charge in [0.15, 0.2) is 23.3 Å². The molecule has 2 aromatic heterocycles. The van der Waals surface area contributed by atoms with E-state index in [0.29, 0.717) is 89.9 Å². The smallest absolute Gasteiger partial charge is 0.416 e. The van der Waals surface area contributed by atoms with E-state index in [-0.39, 0.29) is 29.5 Å². The summed E-state index contributed by atoms with van der Waals surface area (Å²) in [5.74, 6) is -6.16. The van der Waals surface area contributed by atoms with Gasteiger partial charge < -0.3 is 25.5 Å². The Hall–Kier alpha value is -9.41. The molecule has 28 heteroatoms. The predicted octanol–water partition coefficient (Wildman–Crippen LogP) is 9.44. The summed E-state index contributed by atoms with van der Waals surface area (Å²) >= 11 is 0. The Balaban J connectivity index is 0.000000195. The topological polar surface area (TPSA) is 261 Å². The number of primary sulfonamides is 1. The van der Waals surface area contributed by atoms with Crippen molar-refractivity contribution >= 4 is 55.4 Å². The SMILES string of the molecule is Cc1cccc(CN2CCn3nc(C)c(C(=O)N[C@@H](C)c4ccc(C(=O)NS(=O)(=O)c5ccc(F)c(F)c5)cc4)c32)c1.Cc1nn2c(c1C(=O)N[C@@H](C)c1ccc(C(=O)O)cc1)N(Cc1cccc(C(F)(F)F)c1)CC2.NS(=O)(=O)c1ccc(F)c(F)c1. The number of fused-ring (bicyclic) bond motifs is 2. The second-order valence-electron chi connectivity index (χ2n) is 20.6. The summed E-state index contributed by atoms with van der Waals surface area (Å²) in [6, 6.07) is 29.0. The van der Waals surface area contributed by atoms with Gasteiger partial charge in [-0.05, 0) is 130 Å². The van der Waals surface area contributed by atoms with Crippen LogP contribution in [0.4, 0.5) is 42.4 Å². The van der Waals surface area contributed by atoms with Gasteiger partial charge in [-0.15, -0.1) is 0 Å². The van der Waals surface area contributed by atoms with Crippen molar-refractivity contribution in [2.24, 2.45) is 5.14 Å². The van der Waals surface area contributed by atoms with Gasteiger partial charge in [0, 0.05) is 31.7 Å². The molecule has 0 radical (unpaired) electrons. The van der Waals surface area contributed by atoms with Crippen LogP contribution in [-0.2, 0) is 52.4 Å². The average Bonchev–Trinajstić information content (AvgIpc) is 1.78. The van der Waals surface area contributed by atoms with Crippen molar-refractivity contribution in [3.8, 4) is 0 Å². The molecule has 4 heterocycles. The quantitative estimate of drug-likeness (QED) is 0.0600. The van der Waals surface area contributed by atoms with Crippen molar-refractivity contribution in [2.45, 2.75) is 88.8 Å². The lowest BCUT2D eigenvalue weighted by Crippen LogP contribution is -2.31. The number of sulfonamides is 2. The second-order valence-corrected chi connectivity index (χ2v) is 23.9. The van der Waals surface area contributed by atoms with E-state index in [0.717, 1.165) is 53.3 Å². The fourth-order valence-corrected chi connectivity index (χ4v) is 11.3. The van der Waals surface area contributed by atoms with Gasteiger partial charge >= 0.3 is 12.1 Å². The third-order valence-corrected chi connectivity index (χ3v) is 16.4. The van der Waals surface area contributed by atoms with E-state index < -0.39 is 88.8 Å². The number of aryl methyl sites for hydroxylation is 3. The van der Waals surface area contributed by atoms with Gasteiger partial charge in [-0.1, -0.05) is 66.2 Å². The Bertz CT molecular complexity index is 4200. The first-order chi connectivity index (χ1) is 41.4. The highest BCUT2D eigenvalue weighted by atomic mass is 32.2. The van der Waals surface area contributed by atoms with Crippen molar-refractivity contribution in [2.75, 3.05) is 22.9 Å². The number of anilines is 2. The molecule has 6 N–H and O–H groups in total. The molecule has 0 saturated carbocycles. The number of hydrogen-bond donors (Lipinski definition) is 5. The number of amides is 3. The van der Waals surface area contributed by atoms with Crippen molar-refractivity contribution in [1.82, 2.24) is 34.9 Å². The molecule has 462 valence electrons. The number of carbonyl (C=O) groups excluding carboxylic acids is 3. The van der Waals surface area contributed by atoms with Crippen molar-refractivity contribution in [1.29, 1.82) is 0 Å². The van der Waals surface area contributed by atoms with E-state index in [9.17, 15) is 66.7 Å². The number of nitrogens with two attached hydrogens (primary N) is 1. The largest absolute Gasteiger partial charge is 0.478 e. The number of hydrogen-bond acceptors (Lipinski definition) is 12. The number of aromatic carboxylic acids is 1. The number of nitrogens with zero attached hydrogens (tertiary/aromatic N) is 6. The van der Waals surface area contributed by atoms with E-state index in [1.54, 1.807) is 62.7 Å². The zero-order valence-corrected chi connectivity index (χ0v) is 49.2. The number of rotatable bonds is 15. The van der Waals surface area contributed by atoms with Crippen LogP contribution in [-0.4, -0.2) is 78.3 Å². The fourth-order valence-electron chi connectivity index (χ4n) is 9.75. The summed E-state index contributed by atoms with van der Waals surface area (Å²) in [5.41, 5.74) is 5.70. The van der Waals surface area contributed by atoms with Gasteiger partial charge in [-0.3, -0.25) is 14.4 Å². The molecule has 2 aliphatic rings. The van der Waals surface area contributed by atoms with Gasteiger partial charge in [0.05, 0.1) is 57.5 Å². The Morgan fingerprint density at radius 3 is 1.45 bits per heavy atom. The molecule has 2 aliphatic heterocycles.